The molecule has 4 rings (SSSR count). The molecule has 1 unspecified atom stereocenters. The van der Waals surface area contributed by atoms with Gasteiger partial charge >= 0.3 is 0 Å². The number of nitrogens with zero attached hydrogens (tertiary/aromatic N) is 2. The summed E-state index contributed by atoms with van der Waals surface area (Å²) in [7, 11) is 1.89. The highest BCUT2D eigenvalue weighted by Gasteiger charge is 2.36. The van der Waals surface area contributed by atoms with Crippen molar-refractivity contribution in [1.29, 1.82) is 0 Å². The molecule has 28 heavy (non-hydrogen) atoms. The zero-order valence-electron chi connectivity index (χ0n) is 16.9. The van der Waals surface area contributed by atoms with Crippen LogP contribution in [0.2, 0.25) is 0 Å². The van der Waals surface area contributed by atoms with Gasteiger partial charge in [-0.15, -0.1) is 24.0 Å². The Kier molecular flexibility index (Phi) is 7.31. The molecule has 0 amide bonds. The van der Waals surface area contributed by atoms with E-state index in [0.717, 1.165) is 69.1 Å². The summed E-state index contributed by atoms with van der Waals surface area (Å²) in [6, 6.07) is 6.38. The number of benzene rings is 1. The van der Waals surface area contributed by atoms with Crippen LogP contribution in [-0.4, -0.2) is 57.5 Å². The van der Waals surface area contributed by atoms with E-state index in [1.807, 2.05) is 13.1 Å². The zero-order valence-corrected chi connectivity index (χ0v) is 19.2. The largest absolute Gasteiger partial charge is 0.454 e. The monoisotopic (exact) mass is 501 g/mol. The van der Waals surface area contributed by atoms with Crippen molar-refractivity contribution in [3.63, 3.8) is 0 Å². The van der Waals surface area contributed by atoms with E-state index in [2.05, 4.69) is 34.3 Å². The van der Waals surface area contributed by atoms with Crippen molar-refractivity contribution in [1.82, 2.24) is 10.2 Å². The molecule has 1 aromatic carbocycles. The Morgan fingerprint density at radius 3 is 2.79 bits per heavy atom. The Morgan fingerprint density at radius 1 is 1.25 bits per heavy atom. The van der Waals surface area contributed by atoms with Crippen LogP contribution in [0.15, 0.2) is 23.2 Å². The first-order valence-corrected chi connectivity index (χ1v) is 10.1. The van der Waals surface area contributed by atoms with E-state index < -0.39 is 0 Å². The molecule has 1 N–H and O–H groups in total. The van der Waals surface area contributed by atoms with Crippen molar-refractivity contribution in [2.75, 3.05) is 46.7 Å². The van der Waals surface area contributed by atoms with Gasteiger partial charge in [0.05, 0.1) is 0 Å². The second-order valence-electron chi connectivity index (χ2n) is 8.05. The summed E-state index contributed by atoms with van der Waals surface area (Å²) in [5, 5.41) is 3.68. The minimum absolute atomic E-state index is 0. The minimum atomic E-state index is 0. The molecule has 0 spiro atoms. The molecule has 0 saturated carbocycles. The fourth-order valence-electron chi connectivity index (χ4n) is 4.52. The Balaban J connectivity index is 0.00000225. The van der Waals surface area contributed by atoms with E-state index in [4.69, 9.17) is 14.2 Å². The highest BCUT2D eigenvalue weighted by molar-refractivity contribution is 14.0. The van der Waals surface area contributed by atoms with Crippen LogP contribution >= 0.6 is 24.0 Å². The number of guanidine groups is 1. The number of halogens is 1. The third-order valence-corrected chi connectivity index (χ3v) is 6.19. The van der Waals surface area contributed by atoms with Crippen molar-refractivity contribution in [3.05, 3.63) is 23.8 Å². The molecule has 6 nitrogen and oxygen atoms in total. The van der Waals surface area contributed by atoms with E-state index >= 15 is 0 Å². The van der Waals surface area contributed by atoms with Crippen LogP contribution in [-0.2, 0) is 10.2 Å². The number of aliphatic imine (C=N–C) groups is 1. The van der Waals surface area contributed by atoms with Gasteiger partial charge in [-0.2, -0.15) is 0 Å². The Labute approximate surface area is 185 Å². The number of hydrogen-bond donors (Lipinski definition) is 1. The Bertz CT molecular complexity index is 691. The van der Waals surface area contributed by atoms with Gasteiger partial charge in [-0.05, 0) is 49.3 Å². The van der Waals surface area contributed by atoms with Gasteiger partial charge in [0.15, 0.2) is 17.5 Å². The van der Waals surface area contributed by atoms with Crippen LogP contribution in [0.4, 0.5) is 0 Å². The Morgan fingerprint density at radius 2 is 2.04 bits per heavy atom. The average Bonchev–Trinajstić information content (AvgIpc) is 3.17. The first-order valence-electron chi connectivity index (χ1n) is 10.1. The fourth-order valence-corrected chi connectivity index (χ4v) is 4.52. The summed E-state index contributed by atoms with van der Waals surface area (Å²) in [6.07, 6.45) is 4.54. The van der Waals surface area contributed by atoms with Gasteiger partial charge in [-0.25, -0.2) is 0 Å². The van der Waals surface area contributed by atoms with Gasteiger partial charge in [0.25, 0.3) is 0 Å². The van der Waals surface area contributed by atoms with E-state index in [1.54, 1.807) is 0 Å². The van der Waals surface area contributed by atoms with Crippen molar-refractivity contribution >= 4 is 29.9 Å². The van der Waals surface area contributed by atoms with E-state index in [9.17, 15) is 0 Å². The molecule has 0 radical (unpaired) electrons. The molecule has 3 heterocycles. The Hall–Kier alpha value is -1.22. The van der Waals surface area contributed by atoms with Gasteiger partial charge in [0.1, 0.15) is 0 Å². The molecule has 156 valence electrons. The lowest BCUT2D eigenvalue weighted by atomic mass is 9.74. The third kappa shape index (κ3) is 4.50. The van der Waals surface area contributed by atoms with Crippen molar-refractivity contribution in [2.45, 2.75) is 38.0 Å². The summed E-state index contributed by atoms with van der Waals surface area (Å²) < 4.78 is 16.8. The number of nitrogens with one attached hydrogen (secondary N) is 1. The van der Waals surface area contributed by atoms with Crippen molar-refractivity contribution in [2.24, 2.45) is 10.9 Å². The van der Waals surface area contributed by atoms with Crippen LogP contribution in [0.3, 0.4) is 0 Å². The van der Waals surface area contributed by atoms with Crippen LogP contribution in [0.5, 0.6) is 11.5 Å². The summed E-state index contributed by atoms with van der Waals surface area (Å²) >= 11 is 0. The SMILES string of the molecule is CN=C(NCC1(c2ccc3c(c2)OCO3)CCOCC1)N1CCCC(C)C1.I. The third-order valence-electron chi connectivity index (χ3n) is 6.19. The van der Waals surface area contributed by atoms with Gasteiger partial charge in [0, 0.05) is 45.3 Å². The predicted octanol–water partition coefficient (Wildman–Crippen LogP) is 3.39. The first kappa shape index (κ1) is 21.5. The molecule has 0 aromatic heterocycles. The molecule has 2 saturated heterocycles. The molecule has 2 fully saturated rings. The number of ether oxygens (including phenoxy) is 3. The number of rotatable bonds is 3. The number of likely N-dealkylation sites (tertiary alicyclic amines) is 1. The number of fused-ring (bicyclic) bond motifs is 1. The molecular weight excluding hydrogens is 469 g/mol. The van der Waals surface area contributed by atoms with E-state index in [0.29, 0.717) is 6.79 Å². The summed E-state index contributed by atoms with van der Waals surface area (Å²) in [4.78, 5) is 6.97. The molecule has 1 atom stereocenters. The van der Waals surface area contributed by atoms with Gasteiger partial charge < -0.3 is 24.4 Å². The van der Waals surface area contributed by atoms with E-state index in [-0.39, 0.29) is 29.4 Å². The van der Waals surface area contributed by atoms with Crippen LogP contribution in [0.1, 0.15) is 38.2 Å². The maximum atomic E-state index is 5.68. The lowest BCUT2D eigenvalue weighted by Crippen LogP contribution is -2.51. The second kappa shape index (κ2) is 9.52. The predicted molar refractivity (Wildman–Crippen MR) is 121 cm³/mol. The number of hydrogen-bond acceptors (Lipinski definition) is 4. The number of piperidine rings is 1. The van der Waals surface area contributed by atoms with Gasteiger partial charge in [-0.1, -0.05) is 13.0 Å². The zero-order chi connectivity index (χ0) is 18.7. The van der Waals surface area contributed by atoms with Crippen LogP contribution < -0.4 is 14.8 Å². The quantitative estimate of drug-likeness (QED) is 0.391. The lowest BCUT2D eigenvalue weighted by molar-refractivity contribution is 0.0510. The molecule has 7 heteroatoms. The molecule has 0 aliphatic carbocycles. The lowest BCUT2D eigenvalue weighted by Gasteiger charge is -2.40. The van der Waals surface area contributed by atoms with Crippen LogP contribution in [0.25, 0.3) is 0 Å². The maximum absolute atomic E-state index is 5.68. The first-order chi connectivity index (χ1) is 13.2. The van der Waals surface area contributed by atoms with Crippen molar-refractivity contribution < 1.29 is 14.2 Å². The van der Waals surface area contributed by atoms with Gasteiger partial charge in [0.2, 0.25) is 6.79 Å². The van der Waals surface area contributed by atoms with E-state index in [1.165, 1.54) is 18.4 Å². The standard InChI is InChI=1S/C21H31N3O3.HI/c1-16-4-3-9-24(13-16)20(22-2)23-14-21(7-10-25-11-8-21)17-5-6-18-19(12-17)27-15-26-18;/h5-6,12,16H,3-4,7-11,13-15H2,1-2H3,(H,22,23);1H. The maximum Gasteiger partial charge on any atom is 0.231 e. The van der Waals surface area contributed by atoms with Gasteiger partial charge in [-0.3, -0.25) is 4.99 Å². The fraction of sp³-hybridized carbons (Fsp3) is 0.667. The second-order valence-corrected chi connectivity index (χ2v) is 8.05. The summed E-state index contributed by atoms with van der Waals surface area (Å²) in [5.41, 5.74) is 1.32. The molecule has 1 aromatic rings. The summed E-state index contributed by atoms with van der Waals surface area (Å²) in [6.45, 7) is 7.24. The highest BCUT2D eigenvalue weighted by atomic mass is 127. The summed E-state index contributed by atoms with van der Waals surface area (Å²) in [5.74, 6) is 3.44. The van der Waals surface area contributed by atoms with Crippen LogP contribution in [0, 0.1) is 5.92 Å². The molecule has 3 aliphatic heterocycles. The average molecular weight is 501 g/mol. The normalized spacial score (nSPS) is 23.9. The topological polar surface area (TPSA) is 55.3 Å². The molecular formula is C21H32IN3O3. The molecule has 3 aliphatic rings. The highest BCUT2D eigenvalue weighted by Crippen LogP contribution is 2.40. The van der Waals surface area contributed by atoms with Crippen molar-refractivity contribution in [3.8, 4) is 11.5 Å². The minimum Gasteiger partial charge on any atom is -0.454 e. The smallest absolute Gasteiger partial charge is 0.231 e. The molecule has 0 bridgehead atoms.